The van der Waals surface area contributed by atoms with Gasteiger partial charge in [0.1, 0.15) is 11.5 Å². The van der Waals surface area contributed by atoms with Crippen molar-refractivity contribution in [3.05, 3.63) is 126 Å². The molecular formula is C30H24N2O3. The van der Waals surface area contributed by atoms with Gasteiger partial charge in [0.05, 0.1) is 23.9 Å². The number of imide groups is 1. The number of benzene rings is 4. The van der Waals surface area contributed by atoms with Gasteiger partial charge in [-0.3, -0.25) is 9.59 Å². The molecule has 0 atom stereocenters. The number of carbonyl (C=O) groups excluding carboxylic acids is 2. The third kappa shape index (κ3) is 4.36. The first-order valence-electron chi connectivity index (χ1n) is 11.6. The number of carbonyl (C=O) groups is 2. The SMILES string of the molecule is CCOc1ccc(N=C2C(=O)N(C(=O)C(c3ccccc3)c3ccccc3)c3ccccc32)cc1. The smallest absolute Gasteiger partial charge is 0.284 e. The molecule has 1 aliphatic rings. The maximum atomic E-state index is 14.1. The predicted octanol–water partition coefficient (Wildman–Crippen LogP) is 5.91. The van der Waals surface area contributed by atoms with E-state index in [1.807, 2.05) is 97.9 Å². The van der Waals surface area contributed by atoms with Crippen LogP contribution in [0.2, 0.25) is 0 Å². The molecule has 2 amide bonds. The molecule has 5 nitrogen and oxygen atoms in total. The Morgan fingerprint density at radius 2 is 1.37 bits per heavy atom. The van der Waals surface area contributed by atoms with E-state index in [0.29, 0.717) is 23.5 Å². The van der Waals surface area contributed by atoms with E-state index in [0.717, 1.165) is 16.9 Å². The van der Waals surface area contributed by atoms with E-state index in [9.17, 15) is 9.59 Å². The normalized spacial score (nSPS) is 13.8. The topological polar surface area (TPSA) is 59.0 Å². The van der Waals surface area contributed by atoms with Gasteiger partial charge in [0.2, 0.25) is 5.91 Å². The Morgan fingerprint density at radius 1 is 0.800 bits per heavy atom. The molecule has 1 aliphatic heterocycles. The lowest BCUT2D eigenvalue weighted by molar-refractivity contribution is -0.123. The molecule has 0 spiro atoms. The van der Waals surface area contributed by atoms with Crippen molar-refractivity contribution in [2.75, 3.05) is 11.5 Å². The van der Waals surface area contributed by atoms with Crippen LogP contribution in [0.3, 0.4) is 0 Å². The van der Waals surface area contributed by atoms with Gasteiger partial charge in [-0.05, 0) is 48.4 Å². The Balaban J connectivity index is 1.57. The summed E-state index contributed by atoms with van der Waals surface area (Å²) in [4.78, 5) is 33.7. The average molecular weight is 461 g/mol. The fourth-order valence-corrected chi connectivity index (χ4v) is 4.34. The Kier molecular flexibility index (Phi) is 6.22. The third-order valence-corrected chi connectivity index (χ3v) is 5.93. The minimum absolute atomic E-state index is 0.248. The second-order valence-electron chi connectivity index (χ2n) is 8.14. The molecule has 0 radical (unpaired) electrons. The van der Waals surface area contributed by atoms with Crippen molar-refractivity contribution in [2.45, 2.75) is 12.8 Å². The van der Waals surface area contributed by atoms with Crippen molar-refractivity contribution in [1.29, 1.82) is 0 Å². The number of hydrogen-bond donors (Lipinski definition) is 0. The first kappa shape index (κ1) is 22.3. The van der Waals surface area contributed by atoms with Crippen LogP contribution in [0.1, 0.15) is 29.5 Å². The molecule has 0 saturated heterocycles. The monoisotopic (exact) mass is 460 g/mol. The van der Waals surface area contributed by atoms with E-state index in [2.05, 4.69) is 4.99 Å². The van der Waals surface area contributed by atoms with Gasteiger partial charge in [0.25, 0.3) is 5.91 Å². The number of para-hydroxylation sites is 1. The van der Waals surface area contributed by atoms with E-state index < -0.39 is 11.8 Å². The van der Waals surface area contributed by atoms with Crippen LogP contribution in [-0.2, 0) is 9.59 Å². The van der Waals surface area contributed by atoms with Crippen LogP contribution >= 0.6 is 0 Å². The van der Waals surface area contributed by atoms with E-state index in [-0.39, 0.29) is 11.6 Å². The highest BCUT2D eigenvalue weighted by molar-refractivity contribution is 6.58. The van der Waals surface area contributed by atoms with Crippen LogP contribution in [-0.4, -0.2) is 24.1 Å². The molecule has 0 unspecified atom stereocenters. The quantitative estimate of drug-likeness (QED) is 0.359. The van der Waals surface area contributed by atoms with E-state index >= 15 is 0 Å². The largest absolute Gasteiger partial charge is 0.494 e. The number of aliphatic imine (C=N–C) groups is 1. The average Bonchev–Trinajstić information content (AvgIpc) is 3.18. The highest BCUT2D eigenvalue weighted by atomic mass is 16.5. The molecule has 0 aromatic heterocycles. The maximum Gasteiger partial charge on any atom is 0.284 e. The fourth-order valence-electron chi connectivity index (χ4n) is 4.34. The summed E-state index contributed by atoms with van der Waals surface area (Å²) in [5, 5.41) is 0. The lowest BCUT2D eigenvalue weighted by atomic mass is 9.90. The summed E-state index contributed by atoms with van der Waals surface area (Å²) in [6, 6.07) is 33.6. The molecular weight excluding hydrogens is 436 g/mol. The molecule has 4 aromatic carbocycles. The summed E-state index contributed by atoms with van der Waals surface area (Å²) < 4.78 is 5.50. The van der Waals surface area contributed by atoms with Crippen LogP contribution in [0.5, 0.6) is 5.75 Å². The van der Waals surface area contributed by atoms with E-state index in [1.165, 1.54) is 4.90 Å². The molecule has 0 bridgehead atoms. The summed E-state index contributed by atoms with van der Waals surface area (Å²) in [6.07, 6.45) is 0. The van der Waals surface area contributed by atoms with Crippen LogP contribution < -0.4 is 9.64 Å². The Bertz CT molecular complexity index is 1340. The summed E-state index contributed by atoms with van der Waals surface area (Å²) >= 11 is 0. The molecule has 0 fully saturated rings. The molecule has 35 heavy (non-hydrogen) atoms. The maximum absolute atomic E-state index is 14.1. The van der Waals surface area contributed by atoms with Crippen molar-refractivity contribution in [3.8, 4) is 5.75 Å². The van der Waals surface area contributed by atoms with Gasteiger partial charge in [-0.2, -0.15) is 0 Å². The van der Waals surface area contributed by atoms with Gasteiger partial charge in [-0.15, -0.1) is 0 Å². The lowest BCUT2D eigenvalue weighted by Gasteiger charge is -2.23. The second-order valence-corrected chi connectivity index (χ2v) is 8.14. The molecule has 1 heterocycles. The van der Waals surface area contributed by atoms with E-state index in [1.54, 1.807) is 18.2 Å². The minimum Gasteiger partial charge on any atom is -0.494 e. The molecule has 5 rings (SSSR count). The number of rotatable bonds is 6. The van der Waals surface area contributed by atoms with Crippen molar-refractivity contribution >= 4 is 28.9 Å². The van der Waals surface area contributed by atoms with Gasteiger partial charge < -0.3 is 4.74 Å². The molecule has 172 valence electrons. The molecule has 0 aliphatic carbocycles. The number of nitrogens with zero attached hydrogens (tertiary/aromatic N) is 2. The molecule has 0 saturated carbocycles. The zero-order chi connectivity index (χ0) is 24.2. The highest BCUT2D eigenvalue weighted by Gasteiger charge is 2.41. The molecule has 4 aromatic rings. The standard InChI is InChI=1S/C30H24N2O3/c1-2-35-24-19-17-23(18-20-24)31-28-25-15-9-10-16-26(25)32(30(28)34)29(33)27(21-11-5-3-6-12-21)22-13-7-4-8-14-22/h3-20,27H,2H2,1H3. The molecule has 0 N–H and O–H groups in total. The van der Waals surface area contributed by atoms with Gasteiger partial charge >= 0.3 is 0 Å². The zero-order valence-electron chi connectivity index (χ0n) is 19.3. The summed E-state index contributed by atoms with van der Waals surface area (Å²) in [7, 11) is 0. The number of ether oxygens (including phenoxy) is 1. The highest BCUT2D eigenvalue weighted by Crippen LogP contribution is 2.36. The zero-order valence-corrected chi connectivity index (χ0v) is 19.3. The van der Waals surface area contributed by atoms with Crippen molar-refractivity contribution in [3.63, 3.8) is 0 Å². The van der Waals surface area contributed by atoms with E-state index in [4.69, 9.17) is 4.74 Å². The Hall–Kier alpha value is -4.51. The van der Waals surface area contributed by atoms with Gasteiger partial charge in [0.15, 0.2) is 0 Å². The Morgan fingerprint density at radius 3 is 1.97 bits per heavy atom. The van der Waals surface area contributed by atoms with Crippen LogP contribution in [0, 0.1) is 0 Å². The van der Waals surface area contributed by atoms with Crippen LogP contribution in [0.25, 0.3) is 0 Å². The summed E-state index contributed by atoms with van der Waals surface area (Å²) in [6.45, 7) is 2.49. The van der Waals surface area contributed by atoms with Crippen LogP contribution in [0.15, 0.2) is 114 Å². The first-order valence-corrected chi connectivity index (χ1v) is 11.6. The molecule has 5 heteroatoms. The minimum atomic E-state index is -0.626. The fraction of sp³-hybridized carbons (Fsp3) is 0.100. The first-order chi connectivity index (χ1) is 17.2. The Labute approximate surface area is 204 Å². The van der Waals surface area contributed by atoms with Crippen molar-refractivity contribution < 1.29 is 14.3 Å². The van der Waals surface area contributed by atoms with Gasteiger partial charge in [-0.25, -0.2) is 9.89 Å². The summed E-state index contributed by atoms with van der Waals surface area (Å²) in [5.74, 6) is -0.627. The number of fused-ring (bicyclic) bond motifs is 1. The predicted molar refractivity (Wildman–Crippen MR) is 137 cm³/mol. The van der Waals surface area contributed by atoms with Crippen molar-refractivity contribution in [2.24, 2.45) is 4.99 Å². The lowest BCUT2D eigenvalue weighted by Crippen LogP contribution is -2.39. The van der Waals surface area contributed by atoms with Gasteiger partial charge in [-0.1, -0.05) is 78.9 Å². The third-order valence-electron chi connectivity index (χ3n) is 5.93. The number of amides is 2. The number of anilines is 1. The summed E-state index contributed by atoms with van der Waals surface area (Å²) in [5.41, 5.74) is 3.70. The second kappa shape index (κ2) is 9.77. The van der Waals surface area contributed by atoms with Crippen molar-refractivity contribution in [1.82, 2.24) is 0 Å². The van der Waals surface area contributed by atoms with Crippen LogP contribution in [0.4, 0.5) is 11.4 Å². The number of hydrogen-bond acceptors (Lipinski definition) is 4. The van der Waals surface area contributed by atoms with Gasteiger partial charge in [0, 0.05) is 5.56 Å².